The fourth-order valence-electron chi connectivity index (χ4n) is 7.37. The number of benzene rings is 8. The molecule has 0 amide bonds. The highest BCUT2D eigenvalue weighted by atomic mass is 32.1. The Kier molecular flexibility index (Phi) is 6.71. The average molecular weight is 655 g/mol. The molecule has 0 saturated heterocycles. The van der Waals surface area contributed by atoms with Crippen LogP contribution in [-0.4, -0.2) is 4.98 Å². The van der Waals surface area contributed by atoms with Crippen molar-refractivity contribution in [1.29, 1.82) is 0 Å². The van der Waals surface area contributed by atoms with E-state index in [1.54, 1.807) is 0 Å². The number of hydrogen-bond acceptors (Lipinski definition) is 3. The summed E-state index contributed by atoms with van der Waals surface area (Å²) in [6, 6.07) is 65.7. The van der Waals surface area contributed by atoms with E-state index in [4.69, 9.17) is 4.98 Å². The summed E-state index contributed by atoms with van der Waals surface area (Å²) in [5, 5.41) is 8.58. The van der Waals surface area contributed by atoms with Crippen molar-refractivity contribution in [3.63, 3.8) is 0 Å². The predicted molar refractivity (Wildman–Crippen MR) is 215 cm³/mol. The van der Waals surface area contributed by atoms with Gasteiger partial charge < -0.3 is 4.90 Å². The van der Waals surface area contributed by atoms with Gasteiger partial charge in [0.1, 0.15) is 0 Å². The van der Waals surface area contributed by atoms with Gasteiger partial charge in [0.25, 0.3) is 0 Å². The molecule has 0 unspecified atom stereocenters. The van der Waals surface area contributed by atoms with Crippen LogP contribution in [0.15, 0.2) is 182 Å². The number of hydrogen-bond donors (Lipinski definition) is 0. The summed E-state index contributed by atoms with van der Waals surface area (Å²) < 4.78 is 2.59. The highest BCUT2D eigenvalue weighted by Gasteiger charge is 2.20. The lowest BCUT2D eigenvalue weighted by molar-refractivity contribution is 1.30. The lowest BCUT2D eigenvalue weighted by Gasteiger charge is -2.27. The van der Waals surface area contributed by atoms with Crippen LogP contribution < -0.4 is 4.90 Å². The summed E-state index contributed by atoms with van der Waals surface area (Å²) in [4.78, 5) is 7.68. The van der Waals surface area contributed by atoms with E-state index < -0.39 is 0 Å². The van der Waals surface area contributed by atoms with E-state index in [0.29, 0.717) is 0 Å². The lowest BCUT2D eigenvalue weighted by Crippen LogP contribution is -2.10. The molecule has 2 nitrogen and oxygen atoms in total. The van der Waals surface area contributed by atoms with Crippen LogP contribution in [-0.2, 0) is 0 Å². The number of nitrogens with zero attached hydrogens (tertiary/aromatic N) is 2. The van der Waals surface area contributed by atoms with E-state index in [2.05, 4.69) is 187 Å². The zero-order valence-electron chi connectivity index (χ0n) is 27.1. The Hall–Kier alpha value is -6.29. The molecule has 10 rings (SSSR count). The number of aromatic nitrogens is 1. The molecule has 0 radical (unpaired) electrons. The lowest BCUT2D eigenvalue weighted by atomic mass is 9.95. The third-order valence-electron chi connectivity index (χ3n) is 9.80. The van der Waals surface area contributed by atoms with E-state index in [-0.39, 0.29) is 0 Å². The van der Waals surface area contributed by atoms with Crippen LogP contribution in [0.3, 0.4) is 0 Å². The molecule has 234 valence electrons. The molecule has 3 heteroatoms. The van der Waals surface area contributed by atoms with Crippen molar-refractivity contribution >= 4 is 81.0 Å². The van der Waals surface area contributed by atoms with Crippen molar-refractivity contribution in [2.45, 2.75) is 0 Å². The summed E-state index contributed by atoms with van der Waals surface area (Å²) in [5.74, 6) is 0. The van der Waals surface area contributed by atoms with Gasteiger partial charge in [-0.3, -0.25) is 0 Å². The second kappa shape index (κ2) is 11.7. The molecular weight excluding hydrogens is 625 g/mol. The summed E-state index contributed by atoms with van der Waals surface area (Å²) in [6.07, 6.45) is 0. The predicted octanol–water partition coefficient (Wildman–Crippen LogP) is 13.7. The number of pyridine rings is 1. The van der Waals surface area contributed by atoms with Gasteiger partial charge in [0.2, 0.25) is 0 Å². The number of para-hydroxylation sites is 1. The smallest absolute Gasteiger partial charge is 0.0788 e. The highest BCUT2D eigenvalue weighted by molar-refractivity contribution is 7.26. The molecule has 10 aromatic rings. The Labute approximate surface area is 294 Å². The minimum Gasteiger partial charge on any atom is -0.310 e. The zero-order valence-corrected chi connectivity index (χ0v) is 27.9. The Bertz CT molecular complexity index is 2890. The third kappa shape index (κ3) is 4.82. The van der Waals surface area contributed by atoms with Gasteiger partial charge in [0.05, 0.1) is 16.9 Å². The van der Waals surface area contributed by atoms with Gasteiger partial charge in [-0.25, -0.2) is 4.98 Å². The Balaban J connectivity index is 1.16. The van der Waals surface area contributed by atoms with Gasteiger partial charge in [-0.15, -0.1) is 11.3 Å². The largest absolute Gasteiger partial charge is 0.310 e. The van der Waals surface area contributed by atoms with Crippen LogP contribution in [0.2, 0.25) is 0 Å². The van der Waals surface area contributed by atoms with E-state index in [1.165, 1.54) is 47.4 Å². The number of anilines is 3. The van der Waals surface area contributed by atoms with E-state index >= 15 is 0 Å². The molecule has 0 aliphatic carbocycles. The molecular formula is C47H30N2S. The molecule has 50 heavy (non-hydrogen) atoms. The van der Waals surface area contributed by atoms with Crippen LogP contribution in [0.1, 0.15) is 0 Å². The SMILES string of the molecule is c1ccc2cc(-c3nc4ccccc4cc3-c3ccc(N(c4ccc5ccccc5c4)c4cccc5sc6ccccc6c45)cc3)ccc2c1. The minimum absolute atomic E-state index is 0.989. The van der Waals surface area contributed by atoms with Gasteiger partial charge in [-0.05, 0) is 87.8 Å². The highest BCUT2D eigenvalue weighted by Crippen LogP contribution is 2.46. The molecule has 0 fully saturated rings. The normalized spacial score (nSPS) is 11.6. The summed E-state index contributed by atoms with van der Waals surface area (Å²) in [6.45, 7) is 0. The third-order valence-corrected chi connectivity index (χ3v) is 10.9. The van der Waals surface area contributed by atoms with Crippen LogP contribution in [0.4, 0.5) is 17.1 Å². The summed E-state index contributed by atoms with van der Waals surface area (Å²) >= 11 is 1.85. The van der Waals surface area contributed by atoms with Crippen molar-refractivity contribution in [3.8, 4) is 22.4 Å². The first kappa shape index (κ1) is 28.7. The Morgan fingerprint density at radius 1 is 0.420 bits per heavy atom. The minimum atomic E-state index is 0.989. The first-order valence-corrected chi connectivity index (χ1v) is 17.8. The van der Waals surface area contributed by atoms with E-state index in [9.17, 15) is 0 Å². The Morgan fingerprint density at radius 2 is 1.04 bits per heavy atom. The molecule has 8 aromatic carbocycles. The number of thiophene rings is 1. The monoisotopic (exact) mass is 654 g/mol. The van der Waals surface area contributed by atoms with Crippen molar-refractivity contribution in [2.24, 2.45) is 0 Å². The quantitative estimate of drug-likeness (QED) is 0.184. The van der Waals surface area contributed by atoms with Crippen molar-refractivity contribution in [1.82, 2.24) is 4.98 Å². The van der Waals surface area contributed by atoms with Crippen molar-refractivity contribution < 1.29 is 0 Å². The van der Waals surface area contributed by atoms with Gasteiger partial charge in [0, 0.05) is 48.1 Å². The molecule has 0 aliphatic heterocycles. The van der Waals surface area contributed by atoms with Crippen LogP contribution in [0.5, 0.6) is 0 Å². The van der Waals surface area contributed by atoms with Gasteiger partial charge in [0.15, 0.2) is 0 Å². The van der Waals surface area contributed by atoms with E-state index in [1.807, 2.05) is 11.3 Å². The Morgan fingerprint density at radius 3 is 1.86 bits per heavy atom. The van der Waals surface area contributed by atoms with Crippen molar-refractivity contribution in [2.75, 3.05) is 4.90 Å². The topological polar surface area (TPSA) is 16.1 Å². The van der Waals surface area contributed by atoms with Crippen LogP contribution in [0, 0.1) is 0 Å². The number of rotatable bonds is 5. The molecule has 0 saturated carbocycles. The second-order valence-corrected chi connectivity index (χ2v) is 13.9. The van der Waals surface area contributed by atoms with E-state index in [0.717, 1.165) is 44.7 Å². The van der Waals surface area contributed by atoms with Gasteiger partial charge in [-0.1, -0.05) is 121 Å². The molecule has 0 bridgehead atoms. The van der Waals surface area contributed by atoms with Crippen LogP contribution >= 0.6 is 11.3 Å². The average Bonchev–Trinajstić information content (AvgIpc) is 3.57. The standard InChI is InChI=1S/C47H30N2S/c1-3-12-34-28-37(21-20-31(34)10-1)47-41(30-36-14-5-7-16-42(36)48-47)33-23-25-38(26-24-33)49(39-27-22-32-11-2-4-13-35(32)29-39)43-17-9-19-45-46(43)40-15-6-8-18-44(40)50-45/h1-30H. The molecule has 2 aromatic heterocycles. The van der Waals surface area contributed by atoms with Crippen molar-refractivity contribution in [3.05, 3.63) is 182 Å². The second-order valence-electron chi connectivity index (χ2n) is 12.8. The maximum atomic E-state index is 5.26. The maximum absolute atomic E-state index is 5.26. The maximum Gasteiger partial charge on any atom is 0.0788 e. The molecule has 0 aliphatic rings. The first-order chi connectivity index (χ1) is 24.8. The van der Waals surface area contributed by atoms with Gasteiger partial charge in [-0.2, -0.15) is 0 Å². The molecule has 0 N–H and O–H groups in total. The van der Waals surface area contributed by atoms with Crippen LogP contribution in [0.25, 0.3) is 75.0 Å². The fourth-order valence-corrected chi connectivity index (χ4v) is 8.49. The molecule has 0 spiro atoms. The fraction of sp³-hybridized carbons (Fsp3) is 0. The number of fused-ring (bicyclic) bond motifs is 6. The summed E-state index contributed by atoms with van der Waals surface area (Å²) in [5.41, 5.74) is 8.75. The molecule has 2 heterocycles. The zero-order chi connectivity index (χ0) is 33.0. The van der Waals surface area contributed by atoms with Gasteiger partial charge >= 0.3 is 0 Å². The summed E-state index contributed by atoms with van der Waals surface area (Å²) in [7, 11) is 0. The molecule has 0 atom stereocenters. The first-order valence-electron chi connectivity index (χ1n) is 17.0.